The van der Waals surface area contributed by atoms with Gasteiger partial charge in [-0.15, -0.1) is 0 Å². The van der Waals surface area contributed by atoms with Crippen LogP contribution in [0.2, 0.25) is 0 Å². The minimum Gasteiger partial charge on any atom is -0.381 e. The highest BCUT2D eigenvalue weighted by Gasteiger charge is 2.21. The van der Waals surface area contributed by atoms with Crippen LogP contribution in [-0.4, -0.2) is 43.3 Å². The van der Waals surface area contributed by atoms with E-state index in [2.05, 4.69) is 25.1 Å². The summed E-state index contributed by atoms with van der Waals surface area (Å²) < 4.78 is 5.41. The summed E-state index contributed by atoms with van der Waals surface area (Å²) in [5.41, 5.74) is 3.01. The Balaban J connectivity index is 1.89. The third kappa shape index (κ3) is 2.25. The Morgan fingerprint density at radius 1 is 1.10 bits per heavy atom. The lowest BCUT2D eigenvalue weighted by Gasteiger charge is -2.21. The van der Waals surface area contributed by atoms with Gasteiger partial charge in [-0.2, -0.15) is 5.10 Å². The predicted octanol–water partition coefficient (Wildman–Crippen LogP) is 1.70. The molecule has 106 valence electrons. The van der Waals surface area contributed by atoms with Crippen LogP contribution >= 0.6 is 0 Å². The highest BCUT2D eigenvalue weighted by molar-refractivity contribution is 5.86. The molecule has 0 aromatic carbocycles. The van der Waals surface area contributed by atoms with E-state index in [9.17, 15) is 0 Å². The molecule has 3 aromatic rings. The van der Waals surface area contributed by atoms with E-state index in [0.717, 1.165) is 43.1 Å². The summed E-state index contributed by atoms with van der Waals surface area (Å²) in [7, 11) is 0. The van der Waals surface area contributed by atoms with E-state index in [1.807, 2.05) is 6.20 Å². The Morgan fingerprint density at radius 3 is 2.76 bits per heavy atom. The standard InChI is InChI=1S/C14H14N6O/c1-5-21-6-2-9(1)13-19-11(10-7-17-18-8-10)12-14(20-13)16-4-3-15-12/h3-4,7-9H,1-2,5-6H2,(H,17,18). The van der Waals surface area contributed by atoms with E-state index in [0.29, 0.717) is 17.1 Å². The van der Waals surface area contributed by atoms with E-state index >= 15 is 0 Å². The van der Waals surface area contributed by atoms with Gasteiger partial charge in [0.15, 0.2) is 5.65 Å². The Morgan fingerprint density at radius 2 is 1.95 bits per heavy atom. The Labute approximate surface area is 120 Å². The van der Waals surface area contributed by atoms with Gasteiger partial charge in [-0.3, -0.25) is 5.10 Å². The lowest BCUT2D eigenvalue weighted by Crippen LogP contribution is -2.17. The van der Waals surface area contributed by atoms with Crippen LogP contribution in [0.1, 0.15) is 24.6 Å². The number of nitrogens with zero attached hydrogens (tertiary/aromatic N) is 5. The first-order valence-corrected chi connectivity index (χ1v) is 6.97. The van der Waals surface area contributed by atoms with Crippen LogP contribution in [0, 0.1) is 0 Å². The van der Waals surface area contributed by atoms with Crippen molar-refractivity contribution in [1.82, 2.24) is 30.1 Å². The molecule has 0 unspecified atom stereocenters. The van der Waals surface area contributed by atoms with Gasteiger partial charge in [-0.1, -0.05) is 0 Å². The van der Waals surface area contributed by atoms with E-state index in [1.54, 1.807) is 18.6 Å². The Hall–Kier alpha value is -2.41. The number of aromatic nitrogens is 6. The largest absolute Gasteiger partial charge is 0.381 e. The molecule has 0 saturated carbocycles. The average molecular weight is 282 g/mol. The first kappa shape index (κ1) is 12.3. The minimum absolute atomic E-state index is 0.316. The average Bonchev–Trinajstić information content (AvgIpc) is 3.09. The summed E-state index contributed by atoms with van der Waals surface area (Å²) in [5, 5.41) is 6.81. The Kier molecular flexibility index (Phi) is 3.04. The van der Waals surface area contributed by atoms with Crippen LogP contribution in [0.3, 0.4) is 0 Å². The molecule has 1 aliphatic rings. The molecular weight excluding hydrogens is 268 g/mol. The summed E-state index contributed by atoms with van der Waals surface area (Å²) in [4.78, 5) is 18.0. The molecule has 1 saturated heterocycles. The molecule has 4 heterocycles. The molecule has 0 atom stereocenters. The number of fused-ring (bicyclic) bond motifs is 1. The smallest absolute Gasteiger partial charge is 0.182 e. The first-order chi connectivity index (χ1) is 10.4. The summed E-state index contributed by atoms with van der Waals surface area (Å²) >= 11 is 0. The number of ether oxygens (including phenoxy) is 1. The zero-order valence-electron chi connectivity index (χ0n) is 11.4. The SMILES string of the molecule is c1cnc2c(-c3cn[nH]c3)nc(C3CCOCC3)nc2n1. The molecule has 0 radical (unpaired) electrons. The second kappa shape index (κ2) is 5.17. The Bertz CT molecular complexity index is 751. The number of H-pyrrole nitrogens is 1. The fourth-order valence-electron chi connectivity index (χ4n) is 2.60. The van der Waals surface area contributed by atoms with Crippen molar-refractivity contribution >= 4 is 11.2 Å². The summed E-state index contributed by atoms with van der Waals surface area (Å²) in [5.74, 6) is 1.14. The summed E-state index contributed by atoms with van der Waals surface area (Å²) in [6.45, 7) is 1.52. The van der Waals surface area contributed by atoms with Gasteiger partial charge in [0.05, 0.1) is 6.20 Å². The third-order valence-corrected chi connectivity index (χ3v) is 3.71. The van der Waals surface area contributed by atoms with Crippen molar-refractivity contribution in [3.63, 3.8) is 0 Å². The quantitative estimate of drug-likeness (QED) is 0.769. The predicted molar refractivity (Wildman–Crippen MR) is 75.5 cm³/mol. The second-order valence-corrected chi connectivity index (χ2v) is 5.03. The van der Waals surface area contributed by atoms with Crippen molar-refractivity contribution in [2.75, 3.05) is 13.2 Å². The maximum absolute atomic E-state index is 5.41. The molecule has 0 bridgehead atoms. The zero-order valence-corrected chi connectivity index (χ0v) is 11.4. The minimum atomic E-state index is 0.316. The van der Waals surface area contributed by atoms with Crippen LogP contribution in [0.15, 0.2) is 24.8 Å². The fraction of sp³-hybridized carbons (Fsp3) is 0.357. The van der Waals surface area contributed by atoms with Crippen LogP contribution in [0.5, 0.6) is 0 Å². The number of hydrogen-bond acceptors (Lipinski definition) is 6. The van der Waals surface area contributed by atoms with Gasteiger partial charge in [-0.05, 0) is 12.8 Å². The van der Waals surface area contributed by atoms with Gasteiger partial charge in [0.2, 0.25) is 0 Å². The fourth-order valence-corrected chi connectivity index (χ4v) is 2.60. The van der Waals surface area contributed by atoms with Gasteiger partial charge >= 0.3 is 0 Å². The molecule has 0 aliphatic carbocycles. The molecule has 1 fully saturated rings. The van der Waals surface area contributed by atoms with Crippen molar-refractivity contribution in [2.45, 2.75) is 18.8 Å². The third-order valence-electron chi connectivity index (χ3n) is 3.71. The molecule has 1 aliphatic heterocycles. The molecule has 7 heteroatoms. The molecule has 21 heavy (non-hydrogen) atoms. The number of rotatable bonds is 2. The highest BCUT2D eigenvalue weighted by Crippen LogP contribution is 2.29. The van der Waals surface area contributed by atoms with E-state index in [1.165, 1.54) is 0 Å². The number of nitrogens with one attached hydrogen (secondary N) is 1. The summed E-state index contributed by atoms with van der Waals surface area (Å²) in [6.07, 6.45) is 8.74. The molecule has 7 nitrogen and oxygen atoms in total. The van der Waals surface area contributed by atoms with E-state index < -0.39 is 0 Å². The van der Waals surface area contributed by atoms with Crippen molar-refractivity contribution in [3.8, 4) is 11.3 Å². The topological polar surface area (TPSA) is 89.5 Å². The normalized spacial score (nSPS) is 16.4. The maximum Gasteiger partial charge on any atom is 0.182 e. The monoisotopic (exact) mass is 282 g/mol. The highest BCUT2D eigenvalue weighted by atomic mass is 16.5. The molecule has 0 amide bonds. The van der Waals surface area contributed by atoms with Gasteiger partial charge in [0.25, 0.3) is 0 Å². The molecule has 0 spiro atoms. The van der Waals surface area contributed by atoms with Crippen LogP contribution in [0.25, 0.3) is 22.4 Å². The lowest BCUT2D eigenvalue weighted by molar-refractivity contribution is 0.0836. The zero-order chi connectivity index (χ0) is 14.1. The molecule has 4 rings (SSSR count). The van der Waals surface area contributed by atoms with Crippen molar-refractivity contribution < 1.29 is 4.74 Å². The maximum atomic E-state index is 5.41. The van der Waals surface area contributed by atoms with E-state index in [4.69, 9.17) is 9.72 Å². The van der Waals surface area contributed by atoms with Crippen molar-refractivity contribution in [1.29, 1.82) is 0 Å². The number of aromatic amines is 1. The van der Waals surface area contributed by atoms with Gasteiger partial charge in [0, 0.05) is 43.3 Å². The van der Waals surface area contributed by atoms with Crippen LogP contribution < -0.4 is 0 Å². The lowest BCUT2D eigenvalue weighted by atomic mass is 9.99. The summed E-state index contributed by atoms with van der Waals surface area (Å²) in [6, 6.07) is 0. The van der Waals surface area contributed by atoms with Gasteiger partial charge < -0.3 is 4.74 Å². The molecular formula is C14H14N6O. The van der Waals surface area contributed by atoms with Crippen molar-refractivity contribution in [3.05, 3.63) is 30.6 Å². The first-order valence-electron chi connectivity index (χ1n) is 6.97. The van der Waals surface area contributed by atoms with Gasteiger partial charge in [0.1, 0.15) is 17.0 Å². The second-order valence-electron chi connectivity index (χ2n) is 5.03. The molecule has 1 N–H and O–H groups in total. The number of hydrogen-bond donors (Lipinski definition) is 1. The van der Waals surface area contributed by atoms with E-state index in [-0.39, 0.29) is 0 Å². The van der Waals surface area contributed by atoms with Crippen molar-refractivity contribution in [2.24, 2.45) is 0 Å². The van der Waals surface area contributed by atoms with Gasteiger partial charge in [-0.25, -0.2) is 19.9 Å². The van der Waals surface area contributed by atoms with Crippen LogP contribution in [0.4, 0.5) is 0 Å². The van der Waals surface area contributed by atoms with Crippen LogP contribution in [-0.2, 0) is 4.74 Å². The molecule has 3 aromatic heterocycles.